The molecule has 0 spiro atoms. The lowest BCUT2D eigenvalue weighted by atomic mass is 10.1. The van der Waals surface area contributed by atoms with Crippen molar-refractivity contribution >= 4 is 5.91 Å². The van der Waals surface area contributed by atoms with Crippen LogP contribution in [0.4, 0.5) is 0 Å². The highest BCUT2D eigenvalue weighted by Crippen LogP contribution is 2.28. The molecule has 29 heavy (non-hydrogen) atoms. The predicted molar refractivity (Wildman–Crippen MR) is 113 cm³/mol. The van der Waals surface area contributed by atoms with E-state index < -0.39 is 0 Å². The highest BCUT2D eigenvalue weighted by Gasteiger charge is 2.21. The lowest BCUT2D eigenvalue weighted by molar-refractivity contribution is -0.135. The number of carbonyl (C=O) groups is 1. The Bertz CT molecular complexity index is 845. The molecule has 1 amide bonds. The topological polar surface area (TPSA) is 51.2 Å². The molecule has 0 aliphatic carbocycles. The van der Waals surface area contributed by atoms with Crippen LogP contribution in [0.3, 0.4) is 0 Å². The Morgan fingerprint density at radius 2 is 1.62 bits per heavy atom. The maximum absolute atomic E-state index is 12.5. The van der Waals surface area contributed by atoms with E-state index in [4.69, 9.17) is 14.2 Å². The number of nitrogens with zero attached hydrogens (tertiary/aromatic N) is 2. The van der Waals surface area contributed by atoms with Gasteiger partial charge in [0.05, 0.1) is 14.2 Å². The summed E-state index contributed by atoms with van der Waals surface area (Å²) in [6.45, 7) is 8.10. The number of methoxy groups -OCH3 is 2. The Labute approximate surface area is 173 Å². The van der Waals surface area contributed by atoms with E-state index in [9.17, 15) is 4.79 Å². The third-order valence-electron chi connectivity index (χ3n) is 5.42. The highest BCUT2D eigenvalue weighted by atomic mass is 16.5. The van der Waals surface area contributed by atoms with Crippen LogP contribution in [0.25, 0.3) is 0 Å². The molecule has 2 aromatic rings. The Morgan fingerprint density at radius 1 is 0.897 bits per heavy atom. The van der Waals surface area contributed by atoms with Crippen molar-refractivity contribution in [3.63, 3.8) is 0 Å². The molecule has 156 valence electrons. The molecule has 0 unspecified atom stereocenters. The van der Waals surface area contributed by atoms with E-state index >= 15 is 0 Å². The van der Waals surface area contributed by atoms with Crippen molar-refractivity contribution in [2.24, 2.45) is 0 Å². The van der Waals surface area contributed by atoms with Crippen LogP contribution >= 0.6 is 0 Å². The van der Waals surface area contributed by atoms with Crippen LogP contribution in [0.2, 0.25) is 0 Å². The van der Waals surface area contributed by atoms with Gasteiger partial charge in [0, 0.05) is 32.7 Å². The molecule has 1 heterocycles. The molecule has 0 N–H and O–H groups in total. The fraction of sp³-hybridized carbons (Fsp3) is 0.435. The lowest BCUT2D eigenvalue weighted by Crippen LogP contribution is -2.49. The third-order valence-corrected chi connectivity index (χ3v) is 5.42. The van der Waals surface area contributed by atoms with Crippen molar-refractivity contribution in [3.05, 3.63) is 53.1 Å². The number of hydrogen-bond acceptors (Lipinski definition) is 5. The fourth-order valence-electron chi connectivity index (χ4n) is 3.43. The SMILES string of the molecule is COc1ccc(CN2CCN(C(=O)COc3ccc(C)c(C)c3)CC2)cc1OC. The first-order valence-corrected chi connectivity index (χ1v) is 9.91. The number of aryl methyl sites for hydroxylation is 2. The molecule has 0 atom stereocenters. The molecular weight excluding hydrogens is 368 g/mol. The standard InChI is InChI=1S/C23H30N2O4/c1-17-5-7-20(13-18(17)2)29-16-23(26)25-11-9-24(10-12-25)15-19-6-8-21(27-3)22(14-19)28-4/h5-8,13-14H,9-12,15-16H2,1-4H3. The largest absolute Gasteiger partial charge is 0.493 e. The van der Waals surface area contributed by atoms with Crippen molar-refractivity contribution < 1.29 is 19.0 Å². The van der Waals surface area contributed by atoms with Gasteiger partial charge in [-0.15, -0.1) is 0 Å². The summed E-state index contributed by atoms with van der Waals surface area (Å²) in [5.41, 5.74) is 3.55. The van der Waals surface area contributed by atoms with Crippen molar-refractivity contribution in [1.29, 1.82) is 0 Å². The first-order chi connectivity index (χ1) is 14.0. The van der Waals surface area contributed by atoms with Gasteiger partial charge >= 0.3 is 0 Å². The van der Waals surface area contributed by atoms with Crippen molar-refractivity contribution in [1.82, 2.24) is 9.80 Å². The highest BCUT2D eigenvalue weighted by molar-refractivity contribution is 5.77. The fourth-order valence-corrected chi connectivity index (χ4v) is 3.43. The van der Waals surface area contributed by atoms with Gasteiger partial charge in [0.1, 0.15) is 5.75 Å². The van der Waals surface area contributed by atoms with Gasteiger partial charge in [-0.25, -0.2) is 0 Å². The van der Waals surface area contributed by atoms with Gasteiger partial charge in [-0.05, 0) is 54.8 Å². The lowest BCUT2D eigenvalue weighted by Gasteiger charge is -2.34. The zero-order chi connectivity index (χ0) is 20.8. The molecule has 0 bridgehead atoms. The quantitative estimate of drug-likeness (QED) is 0.718. The molecule has 1 aliphatic rings. The summed E-state index contributed by atoms with van der Waals surface area (Å²) < 4.78 is 16.4. The van der Waals surface area contributed by atoms with Crippen molar-refractivity contribution in [3.8, 4) is 17.2 Å². The van der Waals surface area contributed by atoms with Gasteiger partial charge in [-0.3, -0.25) is 9.69 Å². The van der Waals surface area contributed by atoms with Gasteiger partial charge in [0.15, 0.2) is 18.1 Å². The molecule has 1 saturated heterocycles. The summed E-state index contributed by atoms with van der Waals surface area (Å²) in [6.07, 6.45) is 0. The first-order valence-electron chi connectivity index (χ1n) is 9.91. The molecule has 3 rings (SSSR count). The number of ether oxygens (including phenoxy) is 3. The summed E-state index contributed by atoms with van der Waals surface area (Å²) >= 11 is 0. The summed E-state index contributed by atoms with van der Waals surface area (Å²) in [5.74, 6) is 2.25. The Kier molecular flexibility index (Phi) is 6.99. The van der Waals surface area contributed by atoms with E-state index in [0.29, 0.717) is 13.1 Å². The number of piperazine rings is 1. The second-order valence-corrected chi connectivity index (χ2v) is 7.38. The molecule has 6 heteroatoms. The zero-order valence-corrected chi connectivity index (χ0v) is 17.7. The van der Waals surface area contributed by atoms with Crippen molar-refractivity contribution in [2.75, 3.05) is 47.0 Å². The minimum atomic E-state index is 0.0361. The van der Waals surface area contributed by atoms with Crippen LogP contribution in [0, 0.1) is 13.8 Å². The van der Waals surface area contributed by atoms with E-state index in [2.05, 4.69) is 17.9 Å². The second-order valence-electron chi connectivity index (χ2n) is 7.38. The summed E-state index contributed by atoms with van der Waals surface area (Å²) in [7, 11) is 3.28. The minimum absolute atomic E-state index is 0.0361. The minimum Gasteiger partial charge on any atom is -0.493 e. The average Bonchev–Trinajstić information content (AvgIpc) is 2.74. The Morgan fingerprint density at radius 3 is 2.28 bits per heavy atom. The number of carbonyl (C=O) groups excluding carboxylic acids is 1. The molecule has 6 nitrogen and oxygen atoms in total. The number of benzene rings is 2. The Hall–Kier alpha value is -2.73. The normalized spacial score (nSPS) is 14.6. The second kappa shape index (κ2) is 9.65. The number of amides is 1. The molecule has 1 aliphatic heterocycles. The third kappa shape index (κ3) is 5.41. The maximum Gasteiger partial charge on any atom is 0.260 e. The van der Waals surface area contributed by atoms with Crippen LogP contribution in [-0.2, 0) is 11.3 Å². The summed E-state index contributed by atoms with van der Waals surface area (Å²) in [6, 6.07) is 11.9. The van der Waals surface area contributed by atoms with Crippen LogP contribution in [0.5, 0.6) is 17.2 Å². The molecule has 1 fully saturated rings. The van der Waals surface area contributed by atoms with Gasteiger partial charge in [0.25, 0.3) is 5.91 Å². The van der Waals surface area contributed by atoms with Gasteiger partial charge in [0.2, 0.25) is 0 Å². The van der Waals surface area contributed by atoms with Crippen molar-refractivity contribution in [2.45, 2.75) is 20.4 Å². The van der Waals surface area contributed by atoms with E-state index in [1.165, 1.54) is 16.7 Å². The van der Waals surface area contributed by atoms with Crippen LogP contribution in [0.1, 0.15) is 16.7 Å². The van der Waals surface area contributed by atoms with E-state index in [-0.39, 0.29) is 12.5 Å². The van der Waals surface area contributed by atoms with Gasteiger partial charge < -0.3 is 19.1 Å². The maximum atomic E-state index is 12.5. The summed E-state index contributed by atoms with van der Waals surface area (Å²) in [5, 5.41) is 0. The van der Waals surface area contributed by atoms with Gasteiger partial charge in [-0.2, -0.15) is 0 Å². The molecule has 2 aromatic carbocycles. The molecule has 0 aromatic heterocycles. The average molecular weight is 399 g/mol. The zero-order valence-electron chi connectivity index (χ0n) is 17.7. The predicted octanol–water partition coefficient (Wildman–Crippen LogP) is 3.04. The monoisotopic (exact) mass is 398 g/mol. The smallest absolute Gasteiger partial charge is 0.260 e. The van der Waals surface area contributed by atoms with E-state index in [0.717, 1.165) is 36.9 Å². The number of rotatable bonds is 7. The van der Waals surface area contributed by atoms with Crippen LogP contribution in [-0.4, -0.2) is 62.7 Å². The first kappa shape index (κ1) is 21.0. The van der Waals surface area contributed by atoms with Crippen LogP contribution < -0.4 is 14.2 Å². The van der Waals surface area contributed by atoms with E-state index in [1.807, 2.05) is 42.2 Å². The molecule has 0 radical (unpaired) electrons. The molecule has 0 saturated carbocycles. The van der Waals surface area contributed by atoms with E-state index in [1.54, 1.807) is 14.2 Å². The van der Waals surface area contributed by atoms with Gasteiger partial charge in [-0.1, -0.05) is 12.1 Å². The van der Waals surface area contributed by atoms with Crippen LogP contribution in [0.15, 0.2) is 36.4 Å². The Balaban J connectivity index is 1.47. The number of hydrogen-bond donors (Lipinski definition) is 0. The molecular formula is C23H30N2O4. The summed E-state index contributed by atoms with van der Waals surface area (Å²) in [4.78, 5) is 16.7.